The van der Waals surface area contributed by atoms with Gasteiger partial charge < -0.3 is 20.1 Å². The average molecular weight is 490 g/mol. The SMILES string of the molecule is O=C(O)CC(c1cccc(N2CCOCC2)c1)C1CC2(CC(CCc3ccc4c(n3)NCCC4)C2)C1. The Morgan fingerprint density at radius 2 is 2.00 bits per heavy atom. The third kappa shape index (κ3) is 4.97. The summed E-state index contributed by atoms with van der Waals surface area (Å²) in [4.78, 5) is 19.0. The molecule has 0 amide bonds. The van der Waals surface area contributed by atoms with E-state index in [1.165, 1.54) is 61.0 Å². The smallest absolute Gasteiger partial charge is 0.303 e. The lowest BCUT2D eigenvalue weighted by molar-refractivity contribution is -0.139. The number of carboxylic acid groups (broad SMARTS) is 1. The van der Waals surface area contributed by atoms with Gasteiger partial charge in [0.1, 0.15) is 5.82 Å². The monoisotopic (exact) mass is 489 g/mol. The molecular formula is C30H39N3O3. The van der Waals surface area contributed by atoms with E-state index in [4.69, 9.17) is 9.72 Å². The maximum absolute atomic E-state index is 11.8. The van der Waals surface area contributed by atoms with Crippen molar-refractivity contribution in [1.29, 1.82) is 0 Å². The zero-order valence-corrected chi connectivity index (χ0v) is 21.3. The number of aromatic nitrogens is 1. The summed E-state index contributed by atoms with van der Waals surface area (Å²) in [6, 6.07) is 13.1. The molecule has 192 valence electrons. The van der Waals surface area contributed by atoms with Crippen LogP contribution in [0.2, 0.25) is 0 Å². The summed E-state index contributed by atoms with van der Waals surface area (Å²) in [7, 11) is 0. The van der Waals surface area contributed by atoms with Crippen LogP contribution in [0.25, 0.3) is 0 Å². The summed E-state index contributed by atoms with van der Waals surface area (Å²) in [6.07, 6.45) is 9.84. The molecule has 36 heavy (non-hydrogen) atoms. The molecule has 1 saturated heterocycles. The van der Waals surface area contributed by atoms with E-state index in [2.05, 4.69) is 46.6 Å². The molecule has 3 fully saturated rings. The van der Waals surface area contributed by atoms with Crippen LogP contribution < -0.4 is 10.2 Å². The number of benzene rings is 1. The molecule has 0 bridgehead atoms. The van der Waals surface area contributed by atoms with Gasteiger partial charge in [-0.05, 0) is 104 Å². The number of carboxylic acids is 1. The van der Waals surface area contributed by atoms with E-state index < -0.39 is 5.97 Å². The van der Waals surface area contributed by atoms with E-state index in [-0.39, 0.29) is 12.3 Å². The van der Waals surface area contributed by atoms with Crippen molar-refractivity contribution >= 4 is 17.5 Å². The van der Waals surface area contributed by atoms with Crippen molar-refractivity contribution in [2.45, 2.75) is 63.7 Å². The van der Waals surface area contributed by atoms with Gasteiger partial charge in [0.05, 0.1) is 19.6 Å². The molecule has 4 aliphatic rings. The minimum Gasteiger partial charge on any atom is -0.481 e. The van der Waals surface area contributed by atoms with Crippen LogP contribution in [0.5, 0.6) is 0 Å². The number of fused-ring (bicyclic) bond motifs is 1. The summed E-state index contributed by atoms with van der Waals surface area (Å²) >= 11 is 0. The van der Waals surface area contributed by atoms with Gasteiger partial charge in [0.15, 0.2) is 0 Å². The Labute approximate surface area is 214 Å². The van der Waals surface area contributed by atoms with Gasteiger partial charge in [-0.1, -0.05) is 18.2 Å². The second-order valence-electron chi connectivity index (χ2n) is 11.7. The zero-order chi connectivity index (χ0) is 24.5. The van der Waals surface area contributed by atoms with Gasteiger partial charge in [-0.3, -0.25) is 4.79 Å². The van der Waals surface area contributed by atoms with Gasteiger partial charge in [-0.15, -0.1) is 0 Å². The average Bonchev–Trinajstić information content (AvgIpc) is 2.86. The number of aryl methyl sites for hydroxylation is 2. The quantitative estimate of drug-likeness (QED) is 0.526. The van der Waals surface area contributed by atoms with Crippen molar-refractivity contribution in [1.82, 2.24) is 4.98 Å². The maximum atomic E-state index is 11.8. The molecule has 1 spiro atoms. The molecule has 2 aromatic rings. The van der Waals surface area contributed by atoms with Crippen LogP contribution in [-0.4, -0.2) is 48.9 Å². The second kappa shape index (κ2) is 10.0. The molecule has 1 unspecified atom stereocenters. The predicted octanol–water partition coefficient (Wildman–Crippen LogP) is 5.27. The molecular weight excluding hydrogens is 450 g/mol. The molecule has 0 radical (unpaired) electrons. The fraction of sp³-hybridized carbons (Fsp3) is 0.600. The normalized spacial score (nSPS) is 27.9. The number of nitrogens with zero attached hydrogens (tertiary/aromatic N) is 2. The maximum Gasteiger partial charge on any atom is 0.303 e. The van der Waals surface area contributed by atoms with E-state index in [0.29, 0.717) is 11.3 Å². The van der Waals surface area contributed by atoms with Crippen molar-refractivity contribution in [2.24, 2.45) is 17.3 Å². The van der Waals surface area contributed by atoms with Gasteiger partial charge in [-0.2, -0.15) is 0 Å². The van der Waals surface area contributed by atoms with Gasteiger partial charge in [0, 0.05) is 31.0 Å². The highest BCUT2D eigenvalue weighted by atomic mass is 16.5. The Bertz CT molecular complexity index is 1080. The molecule has 1 atom stereocenters. The fourth-order valence-corrected chi connectivity index (χ4v) is 7.42. The molecule has 2 aliphatic carbocycles. The Balaban J connectivity index is 1.03. The molecule has 6 nitrogen and oxygen atoms in total. The van der Waals surface area contributed by atoms with Crippen molar-refractivity contribution in [2.75, 3.05) is 43.1 Å². The molecule has 6 heteroatoms. The molecule has 2 saturated carbocycles. The lowest BCUT2D eigenvalue weighted by Crippen LogP contribution is -2.49. The zero-order valence-electron chi connectivity index (χ0n) is 21.3. The summed E-state index contributed by atoms with van der Waals surface area (Å²) in [6.45, 7) is 4.36. The third-order valence-corrected chi connectivity index (χ3v) is 9.23. The number of pyridine rings is 1. The largest absolute Gasteiger partial charge is 0.481 e. The van der Waals surface area contributed by atoms with Crippen LogP contribution in [0.4, 0.5) is 11.5 Å². The number of aliphatic carboxylic acids is 1. The first-order chi connectivity index (χ1) is 17.6. The van der Waals surface area contributed by atoms with Crippen molar-refractivity contribution in [3.63, 3.8) is 0 Å². The standard InChI is InChI=1S/C30H39N3O3/c34-28(35)16-27(23-3-1-5-26(15-23)33-11-13-36-14-12-33)24-19-30(20-24)17-21(18-30)6-8-25-9-7-22-4-2-10-31-29(22)32-25/h1,3,5,7,9,15,21,24,27H,2,4,6,8,10-14,16-20H2,(H,31,32)(H,34,35). The van der Waals surface area contributed by atoms with Crippen LogP contribution in [0, 0.1) is 17.3 Å². The number of anilines is 2. The molecule has 1 aromatic heterocycles. The number of hydrogen-bond donors (Lipinski definition) is 2. The van der Waals surface area contributed by atoms with E-state index in [0.717, 1.165) is 57.4 Å². The summed E-state index contributed by atoms with van der Waals surface area (Å²) in [5.74, 6) is 1.80. The molecule has 2 aliphatic heterocycles. The van der Waals surface area contributed by atoms with Gasteiger partial charge >= 0.3 is 5.97 Å². The van der Waals surface area contributed by atoms with E-state index in [9.17, 15) is 9.90 Å². The van der Waals surface area contributed by atoms with E-state index >= 15 is 0 Å². The first-order valence-corrected chi connectivity index (χ1v) is 13.9. The Hall–Kier alpha value is -2.60. The van der Waals surface area contributed by atoms with Gasteiger partial charge in [-0.25, -0.2) is 4.98 Å². The highest BCUT2D eigenvalue weighted by molar-refractivity contribution is 5.68. The first-order valence-electron chi connectivity index (χ1n) is 13.9. The van der Waals surface area contributed by atoms with Crippen molar-refractivity contribution in [3.05, 3.63) is 53.2 Å². The predicted molar refractivity (Wildman–Crippen MR) is 142 cm³/mol. The van der Waals surface area contributed by atoms with Crippen LogP contribution >= 0.6 is 0 Å². The van der Waals surface area contributed by atoms with Crippen LogP contribution in [0.3, 0.4) is 0 Å². The number of hydrogen-bond acceptors (Lipinski definition) is 5. The fourth-order valence-electron chi connectivity index (χ4n) is 7.42. The van der Waals surface area contributed by atoms with E-state index in [1.54, 1.807) is 0 Å². The number of carbonyl (C=O) groups is 1. The summed E-state index contributed by atoms with van der Waals surface area (Å²) in [5.41, 5.74) is 5.45. The number of nitrogens with one attached hydrogen (secondary N) is 1. The highest BCUT2D eigenvalue weighted by Crippen LogP contribution is 2.65. The van der Waals surface area contributed by atoms with Crippen LogP contribution in [-0.2, 0) is 22.4 Å². The van der Waals surface area contributed by atoms with Gasteiger partial charge in [0.2, 0.25) is 0 Å². The lowest BCUT2D eigenvalue weighted by Gasteiger charge is -2.60. The third-order valence-electron chi connectivity index (χ3n) is 9.23. The second-order valence-corrected chi connectivity index (χ2v) is 11.7. The molecule has 1 aromatic carbocycles. The summed E-state index contributed by atoms with van der Waals surface area (Å²) < 4.78 is 5.51. The minimum atomic E-state index is -0.684. The highest BCUT2D eigenvalue weighted by Gasteiger charge is 2.54. The minimum absolute atomic E-state index is 0.111. The van der Waals surface area contributed by atoms with Crippen LogP contribution in [0.15, 0.2) is 36.4 Å². The molecule has 6 rings (SSSR count). The Kier molecular flexibility index (Phi) is 6.63. The first kappa shape index (κ1) is 23.8. The Morgan fingerprint density at radius 1 is 1.17 bits per heavy atom. The van der Waals surface area contributed by atoms with Crippen molar-refractivity contribution in [3.8, 4) is 0 Å². The van der Waals surface area contributed by atoms with Crippen LogP contribution in [0.1, 0.15) is 67.7 Å². The number of morpholine rings is 1. The number of ether oxygens (including phenoxy) is 1. The van der Waals surface area contributed by atoms with E-state index in [1.807, 2.05) is 0 Å². The molecule has 2 N–H and O–H groups in total. The molecule has 3 heterocycles. The summed E-state index contributed by atoms with van der Waals surface area (Å²) in [5, 5.41) is 13.1. The Morgan fingerprint density at radius 3 is 2.81 bits per heavy atom. The number of rotatable bonds is 8. The topological polar surface area (TPSA) is 74.7 Å². The van der Waals surface area contributed by atoms with Gasteiger partial charge in [0.25, 0.3) is 0 Å². The lowest BCUT2D eigenvalue weighted by atomic mass is 9.45. The van der Waals surface area contributed by atoms with Crippen molar-refractivity contribution < 1.29 is 14.6 Å².